The summed E-state index contributed by atoms with van der Waals surface area (Å²) < 4.78 is 1.15. The number of hydrogen-bond donors (Lipinski definition) is 0. The molecule has 1 radical (unpaired) electrons. The standard InChI is InChI=1S/C22H19BBr/c1-22(2)20-12-15(14-4-7-16(23-3)8-5-14)6-10-18(20)19-11-9-17(24)13-21(19)22/h4-13H,1-3H3. The van der Waals surface area contributed by atoms with Crippen molar-refractivity contribution < 1.29 is 0 Å². The van der Waals surface area contributed by atoms with Crippen molar-refractivity contribution in [3.05, 3.63) is 76.3 Å². The predicted molar refractivity (Wildman–Crippen MR) is 108 cm³/mol. The smallest absolute Gasteiger partial charge is 0.0881 e. The maximum Gasteiger partial charge on any atom is 0.148 e. The molecular formula is C22H19BBr. The van der Waals surface area contributed by atoms with E-state index in [0.717, 1.165) is 4.47 Å². The van der Waals surface area contributed by atoms with Crippen LogP contribution in [-0.4, -0.2) is 7.28 Å². The van der Waals surface area contributed by atoms with Crippen molar-refractivity contribution in [1.29, 1.82) is 0 Å². The summed E-state index contributed by atoms with van der Waals surface area (Å²) in [5.41, 5.74) is 9.40. The summed E-state index contributed by atoms with van der Waals surface area (Å²) in [6.07, 6.45) is 0. The summed E-state index contributed by atoms with van der Waals surface area (Å²) in [7, 11) is 2.13. The zero-order valence-corrected chi connectivity index (χ0v) is 15.8. The van der Waals surface area contributed by atoms with Gasteiger partial charge in [0.15, 0.2) is 0 Å². The molecule has 0 saturated carbocycles. The molecule has 0 amide bonds. The molecule has 0 saturated heterocycles. The van der Waals surface area contributed by atoms with E-state index in [0.29, 0.717) is 0 Å². The molecule has 0 unspecified atom stereocenters. The minimum Gasteiger partial charge on any atom is -0.0881 e. The Morgan fingerprint density at radius 3 is 2.00 bits per heavy atom. The zero-order valence-electron chi connectivity index (χ0n) is 14.2. The first-order valence-electron chi connectivity index (χ1n) is 8.35. The lowest BCUT2D eigenvalue weighted by molar-refractivity contribution is 0.660. The molecule has 0 nitrogen and oxygen atoms in total. The lowest BCUT2D eigenvalue weighted by Crippen LogP contribution is -2.15. The molecule has 0 aliphatic heterocycles. The van der Waals surface area contributed by atoms with Crippen LogP contribution in [0.1, 0.15) is 25.0 Å². The summed E-state index contributed by atoms with van der Waals surface area (Å²) in [4.78, 5) is 0. The fraction of sp³-hybridized carbons (Fsp3) is 0.182. The highest BCUT2D eigenvalue weighted by Gasteiger charge is 2.35. The third-order valence-electron chi connectivity index (χ3n) is 5.22. The van der Waals surface area contributed by atoms with Crippen LogP contribution in [0.4, 0.5) is 0 Å². The van der Waals surface area contributed by atoms with Crippen LogP contribution in [-0.2, 0) is 5.41 Å². The molecule has 0 heterocycles. The second kappa shape index (κ2) is 5.63. The van der Waals surface area contributed by atoms with Gasteiger partial charge in [0.2, 0.25) is 0 Å². The normalized spacial score (nSPS) is 14.2. The second-order valence-corrected chi connectivity index (χ2v) is 7.90. The quantitative estimate of drug-likeness (QED) is 0.498. The van der Waals surface area contributed by atoms with Crippen molar-refractivity contribution in [2.75, 3.05) is 0 Å². The van der Waals surface area contributed by atoms with Crippen molar-refractivity contribution in [2.45, 2.75) is 26.1 Å². The van der Waals surface area contributed by atoms with Crippen molar-refractivity contribution in [2.24, 2.45) is 0 Å². The second-order valence-electron chi connectivity index (χ2n) is 6.99. The minimum atomic E-state index is 0.0294. The van der Waals surface area contributed by atoms with E-state index < -0.39 is 0 Å². The Morgan fingerprint density at radius 2 is 1.33 bits per heavy atom. The van der Waals surface area contributed by atoms with Crippen LogP contribution in [0, 0.1) is 0 Å². The van der Waals surface area contributed by atoms with Gasteiger partial charge in [0.1, 0.15) is 7.28 Å². The van der Waals surface area contributed by atoms with Crippen LogP contribution in [0.2, 0.25) is 6.82 Å². The van der Waals surface area contributed by atoms with Gasteiger partial charge >= 0.3 is 0 Å². The topological polar surface area (TPSA) is 0 Å². The maximum absolute atomic E-state index is 3.62. The van der Waals surface area contributed by atoms with Gasteiger partial charge in [0.05, 0.1) is 0 Å². The van der Waals surface area contributed by atoms with Crippen LogP contribution >= 0.6 is 15.9 Å². The van der Waals surface area contributed by atoms with Gasteiger partial charge < -0.3 is 0 Å². The van der Waals surface area contributed by atoms with Gasteiger partial charge in [-0.05, 0) is 51.6 Å². The Labute approximate surface area is 153 Å². The fourth-order valence-electron chi connectivity index (χ4n) is 3.76. The number of rotatable bonds is 2. The summed E-state index contributed by atoms with van der Waals surface area (Å²) in [6.45, 7) is 6.72. The largest absolute Gasteiger partial charge is 0.148 e. The molecule has 3 aromatic rings. The van der Waals surface area contributed by atoms with Gasteiger partial charge in [-0.25, -0.2) is 0 Å². The van der Waals surface area contributed by atoms with E-state index in [-0.39, 0.29) is 5.41 Å². The van der Waals surface area contributed by atoms with E-state index >= 15 is 0 Å². The molecule has 0 fully saturated rings. The highest BCUT2D eigenvalue weighted by Crippen LogP contribution is 2.50. The SMILES string of the molecule is C[B]c1ccc(-c2ccc3c(c2)C(C)(C)c2cc(Br)ccc2-3)cc1. The molecule has 0 atom stereocenters. The third-order valence-corrected chi connectivity index (χ3v) is 5.71. The molecule has 0 spiro atoms. The third kappa shape index (κ3) is 2.36. The van der Waals surface area contributed by atoms with Gasteiger partial charge in [-0.1, -0.05) is 84.5 Å². The van der Waals surface area contributed by atoms with Crippen molar-refractivity contribution in [3.63, 3.8) is 0 Å². The van der Waals surface area contributed by atoms with E-state index in [4.69, 9.17) is 0 Å². The van der Waals surface area contributed by atoms with E-state index in [2.05, 4.69) is 105 Å². The van der Waals surface area contributed by atoms with Crippen LogP contribution in [0.5, 0.6) is 0 Å². The van der Waals surface area contributed by atoms with Gasteiger partial charge in [-0.3, -0.25) is 0 Å². The molecule has 4 rings (SSSR count). The van der Waals surface area contributed by atoms with E-state index in [1.165, 1.54) is 38.8 Å². The summed E-state index contributed by atoms with van der Waals surface area (Å²) in [5, 5.41) is 0. The predicted octanol–water partition coefficient (Wildman–Crippen LogP) is 5.80. The highest BCUT2D eigenvalue weighted by atomic mass is 79.9. The Kier molecular flexibility index (Phi) is 3.69. The molecule has 3 aromatic carbocycles. The fourth-order valence-corrected chi connectivity index (χ4v) is 4.12. The van der Waals surface area contributed by atoms with Crippen molar-refractivity contribution >= 4 is 28.7 Å². The molecule has 2 heteroatoms. The summed E-state index contributed by atoms with van der Waals surface area (Å²) in [5.74, 6) is 0. The van der Waals surface area contributed by atoms with Gasteiger partial charge in [0.25, 0.3) is 0 Å². The average molecular weight is 374 g/mol. The molecule has 0 N–H and O–H groups in total. The highest BCUT2D eigenvalue weighted by molar-refractivity contribution is 9.10. The first kappa shape index (κ1) is 15.7. The molecule has 0 aromatic heterocycles. The van der Waals surface area contributed by atoms with Crippen LogP contribution in [0.25, 0.3) is 22.3 Å². The lowest BCUT2D eigenvalue weighted by Gasteiger charge is -2.22. The Bertz CT molecular complexity index is 923. The molecule has 1 aliphatic carbocycles. The summed E-state index contributed by atoms with van der Waals surface area (Å²) in [6, 6.07) is 22.3. The minimum absolute atomic E-state index is 0.0294. The number of halogens is 1. The summed E-state index contributed by atoms with van der Waals surface area (Å²) >= 11 is 3.62. The van der Waals surface area contributed by atoms with Crippen molar-refractivity contribution in [3.8, 4) is 22.3 Å². The van der Waals surface area contributed by atoms with Gasteiger partial charge in [0, 0.05) is 9.89 Å². The van der Waals surface area contributed by atoms with E-state index in [1.807, 2.05) is 0 Å². The Morgan fingerprint density at radius 1 is 0.750 bits per heavy atom. The molecule has 117 valence electrons. The average Bonchev–Trinajstić information content (AvgIpc) is 2.82. The lowest BCUT2D eigenvalue weighted by atomic mass is 9.73. The number of benzene rings is 3. The number of fused-ring (bicyclic) bond motifs is 3. The van der Waals surface area contributed by atoms with Crippen molar-refractivity contribution in [1.82, 2.24) is 0 Å². The van der Waals surface area contributed by atoms with Crippen LogP contribution in [0.15, 0.2) is 65.1 Å². The van der Waals surface area contributed by atoms with E-state index in [1.54, 1.807) is 0 Å². The maximum atomic E-state index is 3.62. The first-order chi connectivity index (χ1) is 11.5. The Hall–Kier alpha value is -1.80. The molecule has 1 aliphatic rings. The molecule has 24 heavy (non-hydrogen) atoms. The van der Waals surface area contributed by atoms with Crippen LogP contribution in [0.3, 0.4) is 0 Å². The van der Waals surface area contributed by atoms with Gasteiger partial charge in [-0.15, -0.1) is 0 Å². The van der Waals surface area contributed by atoms with E-state index in [9.17, 15) is 0 Å². The zero-order chi connectivity index (χ0) is 16.9. The monoisotopic (exact) mass is 373 g/mol. The first-order valence-corrected chi connectivity index (χ1v) is 9.15. The Balaban J connectivity index is 1.85. The molecular weight excluding hydrogens is 355 g/mol. The van der Waals surface area contributed by atoms with Crippen LogP contribution < -0.4 is 5.46 Å². The molecule has 0 bridgehead atoms. The van der Waals surface area contributed by atoms with Gasteiger partial charge in [-0.2, -0.15) is 0 Å². The number of hydrogen-bond acceptors (Lipinski definition) is 0.